The molecule has 1 heterocycles. The third-order valence-corrected chi connectivity index (χ3v) is 2.30. The van der Waals surface area contributed by atoms with Crippen LogP contribution in [0.4, 0.5) is 4.39 Å². The van der Waals surface area contributed by atoms with E-state index in [0.717, 1.165) is 0 Å². The van der Waals surface area contributed by atoms with Crippen LogP contribution < -0.4 is 5.73 Å². The zero-order valence-electron chi connectivity index (χ0n) is 7.21. The van der Waals surface area contributed by atoms with E-state index in [2.05, 4.69) is 4.99 Å². The highest BCUT2D eigenvalue weighted by Crippen LogP contribution is 2.28. The molecule has 0 amide bonds. The smallest absolute Gasteiger partial charge is 0.282 e. The van der Waals surface area contributed by atoms with Gasteiger partial charge in [0, 0.05) is 5.56 Å². The first-order chi connectivity index (χ1) is 6.68. The number of nitrogens with zero attached hydrogens (tertiary/aromatic N) is 1. The number of nitrogens with two attached hydrogens (primary N) is 1. The lowest BCUT2D eigenvalue weighted by Gasteiger charge is -2.07. The van der Waals surface area contributed by atoms with Crippen molar-refractivity contribution >= 4 is 17.6 Å². The number of benzene rings is 1. The standard InChI is InChI=1S/C9H8ClFN2O/c10-6-3-1-2-5(8(6)11)7-4-14-9(12)13-7/h1-3,7H,4H2,(H2,12,13)/t7-/m1/s1. The van der Waals surface area contributed by atoms with Gasteiger partial charge in [0.05, 0.1) is 5.02 Å². The van der Waals surface area contributed by atoms with Gasteiger partial charge in [0.15, 0.2) is 0 Å². The highest BCUT2D eigenvalue weighted by molar-refractivity contribution is 6.30. The fourth-order valence-corrected chi connectivity index (χ4v) is 1.51. The van der Waals surface area contributed by atoms with Gasteiger partial charge in [-0.05, 0) is 6.07 Å². The van der Waals surface area contributed by atoms with E-state index >= 15 is 0 Å². The van der Waals surface area contributed by atoms with Crippen molar-refractivity contribution in [2.24, 2.45) is 10.7 Å². The Labute approximate surface area is 85.3 Å². The van der Waals surface area contributed by atoms with Gasteiger partial charge in [-0.1, -0.05) is 23.7 Å². The van der Waals surface area contributed by atoms with Crippen LogP contribution in [0.1, 0.15) is 11.6 Å². The molecule has 0 bridgehead atoms. The monoisotopic (exact) mass is 214 g/mol. The molecule has 5 heteroatoms. The molecule has 1 atom stereocenters. The molecule has 2 N–H and O–H groups in total. The number of rotatable bonds is 1. The van der Waals surface area contributed by atoms with E-state index in [1.807, 2.05) is 0 Å². The summed E-state index contributed by atoms with van der Waals surface area (Å²) in [4.78, 5) is 3.93. The maximum atomic E-state index is 13.5. The van der Waals surface area contributed by atoms with Gasteiger partial charge >= 0.3 is 0 Å². The highest BCUT2D eigenvalue weighted by atomic mass is 35.5. The zero-order valence-corrected chi connectivity index (χ0v) is 7.96. The Bertz CT molecular complexity index is 394. The number of ether oxygens (including phenoxy) is 1. The quantitative estimate of drug-likeness (QED) is 0.776. The first kappa shape index (κ1) is 9.27. The summed E-state index contributed by atoms with van der Waals surface area (Å²) in [5, 5.41) is 0.0863. The molecule has 0 radical (unpaired) electrons. The van der Waals surface area contributed by atoms with Gasteiger partial charge < -0.3 is 10.5 Å². The normalized spacial score (nSPS) is 20.4. The molecule has 0 fully saturated rings. The molecule has 0 aliphatic carbocycles. The van der Waals surface area contributed by atoms with Gasteiger partial charge in [-0.25, -0.2) is 9.38 Å². The molecular formula is C9H8ClFN2O. The minimum Gasteiger partial charge on any atom is -0.463 e. The van der Waals surface area contributed by atoms with Gasteiger partial charge in [-0.2, -0.15) is 0 Å². The van der Waals surface area contributed by atoms with Crippen molar-refractivity contribution in [2.75, 3.05) is 6.61 Å². The summed E-state index contributed by atoms with van der Waals surface area (Å²) in [7, 11) is 0. The molecule has 0 aromatic heterocycles. The largest absolute Gasteiger partial charge is 0.463 e. The summed E-state index contributed by atoms with van der Waals surface area (Å²) in [5.74, 6) is -0.457. The topological polar surface area (TPSA) is 47.6 Å². The van der Waals surface area contributed by atoms with E-state index in [4.69, 9.17) is 22.1 Å². The van der Waals surface area contributed by atoms with Crippen LogP contribution in [-0.2, 0) is 4.74 Å². The lowest BCUT2D eigenvalue weighted by Crippen LogP contribution is -2.10. The third-order valence-electron chi connectivity index (χ3n) is 2.01. The van der Waals surface area contributed by atoms with Crippen LogP contribution in [0.2, 0.25) is 5.02 Å². The summed E-state index contributed by atoms with van der Waals surface area (Å²) in [5.41, 5.74) is 5.74. The Kier molecular flexibility index (Phi) is 2.29. The molecule has 2 rings (SSSR count). The third kappa shape index (κ3) is 1.53. The minimum absolute atomic E-state index is 0.0863. The molecule has 0 saturated heterocycles. The molecular weight excluding hydrogens is 207 g/mol. The number of aliphatic imine (C=N–C) groups is 1. The first-order valence-electron chi connectivity index (χ1n) is 4.08. The Morgan fingerprint density at radius 2 is 2.36 bits per heavy atom. The van der Waals surface area contributed by atoms with E-state index < -0.39 is 5.82 Å². The van der Waals surface area contributed by atoms with Crippen LogP contribution in [0.3, 0.4) is 0 Å². The maximum Gasteiger partial charge on any atom is 0.282 e. The molecule has 0 saturated carbocycles. The minimum atomic E-state index is -0.457. The number of amidine groups is 1. The van der Waals surface area contributed by atoms with Crippen LogP contribution >= 0.6 is 11.6 Å². The van der Waals surface area contributed by atoms with Gasteiger partial charge in [-0.15, -0.1) is 0 Å². The maximum absolute atomic E-state index is 13.5. The molecule has 0 spiro atoms. The highest BCUT2D eigenvalue weighted by Gasteiger charge is 2.22. The lowest BCUT2D eigenvalue weighted by molar-refractivity contribution is 0.312. The molecule has 1 aliphatic heterocycles. The molecule has 1 aromatic rings. The van der Waals surface area contributed by atoms with Crippen LogP contribution in [0.25, 0.3) is 0 Å². The summed E-state index contributed by atoms with van der Waals surface area (Å²) >= 11 is 5.63. The molecule has 14 heavy (non-hydrogen) atoms. The number of hydrogen-bond acceptors (Lipinski definition) is 3. The van der Waals surface area contributed by atoms with E-state index in [-0.39, 0.29) is 23.7 Å². The molecule has 0 unspecified atom stereocenters. The molecule has 1 aromatic carbocycles. The zero-order chi connectivity index (χ0) is 10.1. The van der Waals surface area contributed by atoms with E-state index in [0.29, 0.717) is 5.56 Å². The second kappa shape index (κ2) is 3.46. The van der Waals surface area contributed by atoms with E-state index in [1.54, 1.807) is 12.1 Å². The van der Waals surface area contributed by atoms with E-state index in [9.17, 15) is 4.39 Å². The van der Waals surface area contributed by atoms with Crippen LogP contribution in [0.15, 0.2) is 23.2 Å². The predicted molar refractivity (Wildman–Crippen MR) is 51.7 cm³/mol. The Balaban J connectivity index is 2.37. The summed E-state index contributed by atoms with van der Waals surface area (Å²) in [6, 6.07) is 4.49. The second-order valence-corrected chi connectivity index (χ2v) is 3.34. The van der Waals surface area contributed by atoms with Crippen molar-refractivity contribution in [3.8, 4) is 0 Å². The Morgan fingerprint density at radius 3 is 3.00 bits per heavy atom. The van der Waals surface area contributed by atoms with Crippen molar-refractivity contribution in [1.29, 1.82) is 0 Å². The van der Waals surface area contributed by atoms with E-state index in [1.165, 1.54) is 6.07 Å². The van der Waals surface area contributed by atoms with Crippen molar-refractivity contribution in [1.82, 2.24) is 0 Å². The Hall–Kier alpha value is -1.29. The van der Waals surface area contributed by atoms with Gasteiger partial charge in [0.2, 0.25) is 0 Å². The van der Waals surface area contributed by atoms with Crippen LogP contribution in [0.5, 0.6) is 0 Å². The van der Waals surface area contributed by atoms with Gasteiger partial charge in [0.25, 0.3) is 6.02 Å². The SMILES string of the molecule is NC1=N[C@@H](c2cccc(Cl)c2F)CO1. The van der Waals surface area contributed by atoms with Crippen LogP contribution in [0, 0.1) is 5.82 Å². The van der Waals surface area contributed by atoms with Crippen molar-refractivity contribution in [3.63, 3.8) is 0 Å². The van der Waals surface area contributed by atoms with Crippen molar-refractivity contribution < 1.29 is 9.13 Å². The average Bonchev–Trinajstić information content (AvgIpc) is 2.57. The van der Waals surface area contributed by atoms with Crippen molar-refractivity contribution in [2.45, 2.75) is 6.04 Å². The van der Waals surface area contributed by atoms with Crippen LogP contribution in [-0.4, -0.2) is 12.6 Å². The van der Waals surface area contributed by atoms with Gasteiger partial charge in [0.1, 0.15) is 18.5 Å². The fraction of sp³-hybridized carbons (Fsp3) is 0.222. The number of hydrogen-bond donors (Lipinski definition) is 1. The van der Waals surface area contributed by atoms with Crippen molar-refractivity contribution in [3.05, 3.63) is 34.6 Å². The summed E-state index contributed by atoms with van der Waals surface area (Å²) < 4.78 is 18.4. The molecule has 1 aliphatic rings. The lowest BCUT2D eigenvalue weighted by atomic mass is 10.1. The second-order valence-electron chi connectivity index (χ2n) is 2.94. The first-order valence-corrected chi connectivity index (χ1v) is 4.46. The van der Waals surface area contributed by atoms with Gasteiger partial charge in [-0.3, -0.25) is 0 Å². The molecule has 3 nitrogen and oxygen atoms in total. The fourth-order valence-electron chi connectivity index (χ4n) is 1.33. The Morgan fingerprint density at radius 1 is 1.57 bits per heavy atom. The summed E-state index contributed by atoms with van der Waals surface area (Å²) in [6.45, 7) is 0.267. The predicted octanol–water partition coefficient (Wildman–Crippen LogP) is 1.87. The molecule has 74 valence electrons. The summed E-state index contributed by atoms with van der Waals surface area (Å²) in [6.07, 6.45) is 0. The average molecular weight is 215 g/mol. The number of halogens is 2.